The van der Waals surface area contributed by atoms with E-state index >= 15 is 0 Å². The lowest BCUT2D eigenvalue weighted by molar-refractivity contribution is 0.254. The van der Waals surface area contributed by atoms with Crippen molar-refractivity contribution in [2.75, 3.05) is 7.11 Å². The van der Waals surface area contributed by atoms with E-state index in [2.05, 4.69) is 25.1 Å². The topological polar surface area (TPSA) is 35.2 Å². The number of nitrogens with two attached hydrogens (primary N) is 1. The summed E-state index contributed by atoms with van der Waals surface area (Å²) in [7, 11) is 1.74. The van der Waals surface area contributed by atoms with Crippen LogP contribution in [0.4, 0.5) is 0 Å². The molecule has 1 fully saturated rings. The molecule has 0 radical (unpaired) electrons. The lowest BCUT2D eigenvalue weighted by Gasteiger charge is -2.44. The van der Waals surface area contributed by atoms with Gasteiger partial charge in [0.05, 0.1) is 7.11 Å². The van der Waals surface area contributed by atoms with Crippen molar-refractivity contribution in [2.24, 2.45) is 11.7 Å². The highest BCUT2D eigenvalue weighted by Crippen LogP contribution is 2.47. The fourth-order valence-corrected chi connectivity index (χ4v) is 3.98. The number of ether oxygens (including phenoxy) is 1. The number of methoxy groups -OCH3 is 1. The quantitative estimate of drug-likeness (QED) is 0.825. The maximum absolute atomic E-state index is 6.58. The van der Waals surface area contributed by atoms with Gasteiger partial charge in [0.25, 0.3) is 0 Å². The molecule has 0 spiro atoms. The first-order chi connectivity index (χ1) is 8.65. The Kier molecular flexibility index (Phi) is 2.86. The molecule has 0 saturated heterocycles. The Labute approximate surface area is 110 Å². The smallest absolute Gasteiger partial charge is 0.119 e. The van der Waals surface area contributed by atoms with Crippen LogP contribution in [-0.4, -0.2) is 13.2 Å². The molecule has 0 aromatic heterocycles. The first-order valence-corrected chi connectivity index (χ1v) is 7.08. The summed E-state index contributed by atoms with van der Waals surface area (Å²) >= 11 is 0. The van der Waals surface area contributed by atoms with Gasteiger partial charge in [-0.05, 0) is 48.4 Å². The Morgan fingerprint density at radius 1 is 1.33 bits per heavy atom. The fraction of sp³-hybridized carbons (Fsp3) is 0.625. The lowest BCUT2D eigenvalue weighted by Crippen LogP contribution is -2.51. The van der Waals surface area contributed by atoms with E-state index in [-0.39, 0.29) is 5.41 Å². The molecule has 2 heteroatoms. The van der Waals surface area contributed by atoms with Crippen LogP contribution in [0.5, 0.6) is 5.75 Å². The molecule has 98 valence electrons. The van der Waals surface area contributed by atoms with Gasteiger partial charge in [-0.3, -0.25) is 0 Å². The SMILES string of the molecule is COc1ccc2c(c1)[C@@]1(C)CCCCC(C2)[C@H]1N. The van der Waals surface area contributed by atoms with Gasteiger partial charge in [0.2, 0.25) is 0 Å². The second-order valence-electron chi connectivity index (χ2n) is 6.18. The molecule has 3 atom stereocenters. The summed E-state index contributed by atoms with van der Waals surface area (Å²) in [5.41, 5.74) is 9.66. The van der Waals surface area contributed by atoms with Crippen molar-refractivity contribution in [3.8, 4) is 5.75 Å². The summed E-state index contributed by atoms with van der Waals surface area (Å²) in [6.07, 6.45) is 6.29. The van der Waals surface area contributed by atoms with Crippen molar-refractivity contribution in [3.63, 3.8) is 0 Å². The molecule has 2 bridgehead atoms. The minimum absolute atomic E-state index is 0.142. The molecule has 0 heterocycles. The normalized spacial score (nSPS) is 34.6. The Morgan fingerprint density at radius 2 is 2.17 bits per heavy atom. The Balaban J connectivity index is 2.13. The highest BCUT2D eigenvalue weighted by atomic mass is 16.5. The van der Waals surface area contributed by atoms with Crippen molar-refractivity contribution in [1.29, 1.82) is 0 Å². The lowest BCUT2D eigenvalue weighted by atomic mass is 9.63. The highest BCUT2D eigenvalue weighted by Gasteiger charge is 2.44. The van der Waals surface area contributed by atoms with Gasteiger partial charge in [-0.1, -0.05) is 25.8 Å². The first-order valence-electron chi connectivity index (χ1n) is 7.08. The molecule has 2 aliphatic rings. The van der Waals surface area contributed by atoms with Crippen LogP contribution in [0.25, 0.3) is 0 Å². The number of fused-ring (bicyclic) bond motifs is 4. The highest BCUT2D eigenvalue weighted by molar-refractivity contribution is 5.44. The molecule has 2 N–H and O–H groups in total. The van der Waals surface area contributed by atoms with Gasteiger partial charge in [-0.2, -0.15) is 0 Å². The Morgan fingerprint density at radius 3 is 2.94 bits per heavy atom. The van der Waals surface area contributed by atoms with Gasteiger partial charge in [-0.25, -0.2) is 0 Å². The maximum atomic E-state index is 6.58. The number of hydrogen-bond acceptors (Lipinski definition) is 2. The van der Waals surface area contributed by atoms with Gasteiger partial charge in [-0.15, -0.1) is 0 Å². The number of hydrogen-bond donors (Lipinski definition) is 1. The summed E-state index contributed by atoms with van der Waals surface area (Å²) in [6, 6.07) is 6.86. The van der Waals surface area contributed by atoms with Gasteiger partial charge >= 0.3 is 0 Å². The molecular formula is C16H23NO. The van der Waals surface area contributed by atoms with Gasteiger partial charge in [0.1, 0.15) is 5.75 Å². The van der Waals surface area contributed by atoms with E-state index < -0.39 is 0 Å². The van der Waals surface area contributed by atoms with E-state index in [9.17, 15) is 0 Å². The summed E-state index contributed by atoms with van der Waals surface area (Å²) in [5.74, 6) is 1.63. The van der Waals surface area contributed by atoms with Crippen LogP contribution in [0.15, 0.2) is 18.2 Å². The third-order valence-electron chi connectivity index (χ3n) is 5.18. The van der Waals surface area contributed by atoms with Gasteiger partial charge in [0.15, 0.2) is 0 Å². The average molecular weight is 245 g/mol. The molecule has 2 nitrogen and oxygen atoms in total. The van der Waals surface area contributed by atoms with Crippen LogP contribution in [0, 0.1) is 5.92 Å². The Hall–Kier alpha value is -1.02. The zero-order valence-corrected chi connectivity index (χ0v) is 11.4. The van der Waals surface area contributed by atoms with Crippen LogP contribution >= 0.6 is 0 Å². The number of rotatable bonds is 1. The molecule has 1 unspecified atom stereocenters. The second-order valence-corrected chi connectivity index (χ2v) is 6.18. The summed E-state index contributed by atoms with van der Waals surface area (Å²) in [6.45, 7) is 2.35. The molecule has 1 aromatic carbocycles. The summed E-state index contributed by atoms with van der Waals surface area (Å²) < 4.78 is 5.39. The van der Waals surface area contributed by atoms with Crippen molar-refractivity contribution < 1.29 is 4.74 Å². The van der Waals surface area contributed by atoms with Crippen LogP contribution in [0.2, 0.25) is 0 Å². The fourth-order valence-electron chi connectivity index (χ4n) is 3.98. The second kappa shape index (κ2) is 4.27. The zero-order valence-electron chi connectivity index (χ0n) is 11.4. The van der Waals surface area contributed by atoms with Crippen molar-refractivity contribution >= 4 is 0 Å². The van der Waals surface area contributed by atoms with Crippen LogP contribution in [0.3, 0.4) is 0 Å². The summed E-state index contributed by atoms with van der Waals surface area (Å²) in [5, 5.41) is 0. The van der Waals surface area contributed by atoms with E-state index in [1.807, 2.05) is 0 Å². The molecular weight excluding hydrogens is 222 g/mol. The van der Waals surface area contributed by atoms with E-state index in [1.165, 1.54) is 36.8 Å². The largest absolute Gasteiger partial charge is 0.497 e. The minimum atomic E-state index is 0.142. The zero-order chi connectivity index (χ0) is 12.8. The van der Waals surface area contributed by atoms with Crippen LogP contribution < -0.4 is 10.5 Å². The number of benzene rings is 1. The van der Waals surface area contributed by atoms with Gasteiger partial charge < -0.3 is 10.5 Å². The molecule has 18 heavy (non-hydrogen) atoms. The molecule has 2 aliphatic carbocycles. The van der Waals surface area contributed by atoms with Crippen molar-refractivity contribution in [1.82, 2.24) is 0 Å². The van der Waals surface area contributed by atoms with Crippen LogP contribution in [-0.2, 0) is 11.8 Å². The third kappa shape index (κ3) is 1.66. The van der Waals surface area contributed by atoms with Crippen LogP contribution in [0.1, 0.15) is 43.7 Å². The predicted molar refractivity (Wildman–Crippen MR) is 74.0 cm³/mol. The standard InChI is InChI=1S/C16H23NO/c1-16-8-4-3-5-12(15(16)17)9-11-6-7-13(18-2)10-14(11)16/h6-7,10,12,15H,3-5,8-9,17H2,1-2H3/t12?,15-,16-/m1/s1. The molecule has 0 amide bonds. The maximum Gasteiger partial charge on any atom is 0.119 e. The average Bonchev–Trinajstić information content (AvgIpc) is 2.48. The molecule has 1 aromatic rings. The van der Waals surface area contributed by atoms with E-state index in [4.69, 9.17) is 10.5 Å². The van der Waals surface area contributed by atoms with E-state index in [0.29, 0.717) is 12.0 Å². The van der Waals surface area contributed by atoms with Gasteiger partial charge in [0, 0.05) is 11.5 Å². The third-order valence-corrected chi connectivity index (χ3v) is 5.18. The molecule has 0 aliphatic heterocycles. The molecule has 1 saturated carbocycles. The molecule has 3 rings (SSSR count). The predicted octanol–water partition coefficient (Wildman–Crippen LogP) is 3.03. The van der Waals surface area contributed by atoms with Crippen molar-refractivity contribution in [2.45, 2.75) is 50.5 Å². The first kappa shape index (κ1) is 12.0. The summed E-state index contributed by atoms with van der Waals surface area (Å²) in [4.78, 5) is 0. The van der Waals surface area contributed by atoms with E-state index in [0.717, 1.165) is 12.2 Å². The monoisotopic (exact) mass is 245 g/mol. The van der Waals surface area contributed by atoms with E-state index in [1.54, 1.807) is 7.11 Å². The van der Waals surface area contributed by atoms with Crippen molar-refractivity contribution in [3.05, 3.63) is 29.3 Å². The minimum Gasteiger partial charge on any atom is -0.497 e. The Bertz CT molecular complexity index is 456.